The first-order chi connectivity index (χ1) is 17.8. The van der Waals surface area contributed by atoms with Gasteiger partial charge in [-0.05, 0) is 80.8 Å². The van der Waals surface area contributed by atoms with E-state index in [0.717, 1.165) is 43.6 Å². The summed E-state index contributed by atoms with van der Waals surface area (Å²) in [6.07, 6.45) is 7.35. The number of nitrogens with zero attached hydrogens (tertiary/aromatic N) is 2. The van der Waals surface area contributed by atoms with Crippen LogP contribution in [0.25, 0.3) is 5.57 Å². The van der Waals surface area contributed by atoms with Crippen molar-refractivity contribution in [3.05, 3.63) is 77.4 Å². The lowest BCUT2D eigenvalue weighted by atomic mass is 9.90. The van der Waals surface area contributed by atoms with Gasteiger partial charge in [0, 0.05) is 36.5 Å². The van der Waals surface area contributed by atoms with Crippen LogP contribution in [0.15, 0.2) is 76.1 Å². The fourth-order valence-electron chi connectivity index (χ4n) is 4.50. The summed E-state index contributed by atoms with van der Waals surface area (Å²) in [6, 6.07) is 8.84. The molecule has 0 aromatic heterocycles. The monoisotopic (exact) mass is 578 g/mol. The third kappa shape index (κ3) is 7.02. The highest BCUT2D eigenvalue weighted by Crippen LogP contribution is 2.39. The van der Waals surface area contributed by atoms with Gasteiger partial charge in [-0.3, -0.25) is 9.11 Å². The van der Waals surface area contributed by atoms with Crippen molar-refractivity contribution in [1.82, 2.24) is 0 Å². The minimum absolute atomic E-state index is 0. The Morgan fingerprint density at radius 1 is 0.795 bits per heavy atom. The van der Waals surface area contributed by atoms with Crippen molar-refractivity contribution in [2.45, 2.75) is 37.5 Å². The Morgan fingerprint density at radius 3 is 1.74 bits per heavy atom. The second-order valence-corrected chi connectivity index (χ2v) is 11.4. The number of rotatable bonds is 9. The topological polar surface area (TPSA) is 165 Å². The maximum absolute atomic E-state index is 12.4. The van der Waals surface area contributed by atoms with Crippen LogP contribution in [-0.4, -0.2) is 73.0 Å². The minimum Gasteiger partial charge on any atom is -0.870 e. The summed E-state index contributed by atoms with van der Waals surface area (Å²) in [5, 5.41) is 10.5. The zero-order chi connectivity index (χ0) is 28.3. The molecule has 39 heavy (non-hydrogen) atoms. The molecule has 0 saturated carbocycles. The summed E-state index contributed by atoms with van der Waals surface area (Å²) in [4.78, 5) is 0.346. The number of hydrogen-bond donors (Lipinski definition) is 3. The molecule has 4 N–H and O–H groups in total. The summed E-state index contributed by atoms with van der Waals surface area (Å²) in [5.74, 6) is -0.855. The van der Waals surface area contributed by atoms with Gasteiger partial charge < -0.3 is 15.5 Å². The first kappa shape index (κ1) is 31.9. The second kappa shape index (κ2) is 12.7. The number of benzene rings is 2. The van der Waals surface area contributed by atoms with E-state index in [-0.39, 0.29) is 11.0 Å². The van der Waals surface area contributed by atoms with E-state index in [9.17, 15) is 31.0 Å². The molecule has 1 aliphatic rings. The first-order valence-corrected chi connectivity index (χ1v) is 15.1. The van der Waals surface area contributed by atoms with Crippen LogP contribution in [0, 0.1) is 0 Å². The molecular weight excluding hydrogens is 544 g/mol. The number of phenolic OH excluding ortho intramolecular Hbond substituents is 1. The second-order valence-electron chi connectivity index (χ2n) is 8.58. The zero-order valence-electron chi connectivity index (χ0n) is 22.2. The summed E-state index contributed by atoms with van der Waals surface area (Å²) < 4.78 is 70.1. The van der Waals surface area contributed by atoms with E-state index in [1.54, 1.807) is 24.3 Å². The van der Waals surface area contributed by atoms with E-state index in [1.165, 1.54) is 0 Å². The maximum Gasteiger partial charge on any atom is 0.298 e. The quantitative estimate of drug-likeness (QED) is 0.295. The van der Waals surface area contributed by atoms with Crippen LogP contribution in [0.3, 0.4) is 0 Å². The Morgan fingerprint density at radius 2 is 1.31 bits per heavy atom. The highest BCUT2D eigenvalue weighted by atomic mass is 32.2. The van der Waals surface area contributed by atoms with Gasteiger partial charge in [-0.1, -0.05) is 12.1 Å². The fraction of sp³-hybridized carbons (Fsp3) is 0.296. The Bertz CT molecular complexity index is 1530. The van der Waals surface area contributed by atoms with Crippen molar-refractivity contribution in [3.8, 4) is 5.75 Å². The predicted molar refractivity (Wildman–Crippen MR) is 150 cm³/mol. The molecule has 0 spiro atoms. The molecule has 0 saturated heterocycles. The molecule has 0 heterocycles. The van der Waals surface area contributed by atoms with Gasteiger partial charge in [-0.25, -0.2) is 4.58 Å². The molecule has 0 fully saturated rings. The molecule has 2 aromatic rings. The number of phenols is 1. The summed E-state index contributed by atoms with van der Waals surface area (Å²) in [7, 11) is -9.95. The Labute approximate surface area is 229 Å². The van der Waals surface area contributed by atoms with E-state index < -0.39 is 35.8 Å². The standard InChI is InChI=1S/C27H32N2O7S2.H2O/c1-5-28(6-2)21-13-9-19(10-14-21)27(20-11-15-22(16-12-20)29(7-3)8-4)23-17-24(30)26(38(34,35)36)18-25(23)37(31,32)33;/h9-18H,5-8H2,1-4H3,(H2-,30,31,32,33,34,35,36);1H2. The molecule has 0 unspecified atom stereocenters. The van der Waals surface area contributed by atoms with Crippen molar-refractivity contribution in [1.29, 1.82) is 0 Å². The molecule has 0 atom stereocenters. The number of anilines is 1. The van der Waals surface area contributed by atoms with E-state index in [4.69, 9.17) is 0 Å². The SMILES string of the molecule is CCN(CC)c1ccc(C(=C2C=CC(=[N+](CC)CC)C=C2)c2cc(O)c(S(=O)(=O)O)cc2S(=O)(=O)O)cc1.[OH-]. The van der Waals surface area contributed by atoms with Gasteiger partial charge in [0.25, 0.3) is 20.2 Å². The van der Waals surface area contributed by atoms with E-state index in [0.29, 0.717) is 22.8 Å². The highest BCUT2D eigenvalue weighted by Gasteiger charge is 2.28. The van der Waals surface area contributed by atoms with Crippen molar-refractivity contribution >= 4 is 37.2 Å². The summed E-state index contributed by atoms with van der Waals surface area (Å²) in [6.45, 7) is 11.3. The molecule has 1 aliphatic carbocycles. The van der Waals surface area contributed by atoms with Crippen LogP contribution >= 0.6 is 0 Å². The smallest absolute Gasteiger partial charge is 0.298 e. The lowest BCUT2D eigenvalue weighted by Crippen LogP contribution is -2.21. The van der Waals surface area contributed by atoms with Crippen LogP contribution in [0.1, 0.15) is 38.8 Å². The first-order valence-electron chi connectivity index (χ1n) is 12.3. The number of allylic oxidation sites excluding steroid dienone is 5. The van der Waals surface area contributed by atoms with Crippen molar-refractivity contribution in [2.75, 3.05) is 31.1 Å². The van der Waals surface area contributed by atoms with Crippen molar-refractivity contribution in [3.63, 3.8) is 0 Å². The van der Waals surface area contributed by atoms with Gasteiger partial charge >= 0.3 is 0 Å². The molecule has 3 rings (SSSR count). The number of hydrogen-bond acceptors (Lipinski definition) is 7. The lowest BCUT2D eigenvalue weighted by molar-refractivity contribution is -0.519. The average molecular weight is 579 g/mol. The molecule has 0 amide bonds. The van der Waals surface area contributed by atoms with Gasteiger partial charge in [0.1, 0.15) is 28.6 Å². The number of aromatic hydroxyl groups is 1. The Balaban J connectivity index is 0.00000533. The van der Waals surface area contributed by atoms with Crippen molar-refractivity contribution in [2.24, 2.45) is 0 Å². The van der Waals surface area contributed by atoms with Crippen LogP contribution in [0.5, 0.6) is 5.75 Å². The highest BCUT2D eigenvalue weighted by molar-refractivity contribution is 7.86. The molecule has 0 radical (unpaired) electrons. The van der Waals surface area contributed by atoms with Crippen molar-refractivity contribution < 1.29 is 41.1 Å². The van der Waals surface area contributed by atoms with Gasteiger partial charge in [0.15, 0.2) is 5.71 Å². The van der Waals surface area contributed by atoms with Crippen LogP contribution < -0.4 is 4.90 Å². The minimum atomic E-state index is -4.98. The molecule has 2 aromatic carbocycles. The largest absolute Gasteiger partial charge is 0.870 e. The van der Waals surface area contributed by atoms with E-state index in [1.807, 2.05) is 52.0 Å². The Hall–Kier alpha value is -3.29. The zero-order valence-corrected chi connectivity index (χ0v) is 23.9. The van der Waals surface area contributed by atoms with Crippen LogP contribution in [0.4, 0.5) is 5.69 Å². The van der Waals surface area contributed by atoms with Crippen LogP contribution in [0.2, 0.25) is 0 Å². The van der Waals surface area contributed by atoms with Crippen LogP contribution in [-0.2, 0) is 20.2 Å². The van der Waals surface area contributed by atoms with Gasteiger partial charge in [0.2, 0.25) is 0 Å². The Kier molecular flexibility index (Phi) is 10.4. The third-order valence-corrected chi connectivity index (χ3v) is 8.23. The molecule has 212 valence electrons. The van der Waals surface area contributed by atoms with E-state index in [2.05, 4.69) is 9.48 Å². The fourth-order valence-corrected chi connectivity index (χ4v) is 5.87. The molecular formula is C27H34N2O8S2. The summed E-state index contributed by atoms with van der Waals surface area (Å²) >= 11 is 0. The van der Waals surface area contributed by atoms with Gasteiger partial charge in [-0.2, -0.15) is 16.8 Å². The predicted octanol–water partition coefficient (Wildman–Crippen LogP) is 3.98. The van der Waals surface area contributed by atoms with Gasteiger partial charge in [0.05, 0.1) is 0 Å². The normalized spacial score (nSPS) is 13.3. The van der Waals surface area contributed by atoms with E-state index >= 15 is 0 Å². The summed E-state index contributed by atoms with van der Waals surface area (Å²) in [5.41, 5.74) is 3.26. The van der Waals surface area contributed by atoms with Gasteiger partial charge in [-0.15, -0.1) is 0 Å². The average Bonchev–Trinajstić information content (AvgIpc) is 2.86. The molecule has 0 aliphatic heterocycles. The molecule has 10 nitrogen and oxygen atoms in total. The maximum atomic E-state index is 12.4. The lowest BCUT2D eigenvalue weighted by Gasteiger charge is -2.22. The third-order valence-electron chi connectivity index (χ3n) is 6.46. The molecule has 0 bridgehead atoms. The molecule has 12 heteroatoms.